The van der Waals surface area contributed by atoms with Gasteiger partial charge in [0.2, 0.25) is 5.91 Å². The van der Waals surface area contributed by atoms with Crippen molar-refractivity contribution in [3.05, 3.63) is 66.6 Å². The summed E-state index contributed by atoms with van der Waals surface area (Å²) in [6.07, 6.45) is 1.64. The number of hydrogen-bond acceptors (Lipinski definition) is 6. The van der Waals surface area contributed by atoms with E-state index in [9.17, 15) is 9.18 Å². The van der Waals surface area contributed by atoms with Gasteiger partial charge in [-0.15, -0.1) is 0 Å². The third-order valence-electron chi connectivity index (χ3n) is 4.63. The lowest BCUT2D eigenvalue weighted by molar-refractivity contribution is -0.113. The molecule has 2 heterocycles. The number of ether oxygens (including phenoxy) is 1. The van der Waals surface area contributed by atoms with E-state index in [1.807, 2.05) is 24.3 Å². The monoisotopic (exact) mass is 424 g/mol. The second kappa shape index (κ2) is 9.69. The number of morpholine rings is 1. The van der Waals surface area contributed by atoms with Crippen LogP contribution in [0.25, 0.3) is 11.3 Å². The summed E-state index contributed by atoms with van der Waals surface area (Å²) < 4.78 is 18.5. The van der Waals surface area contributed by atoms with Crippen LogP contribution in [0.1, 0.15) is 0 Å². The fourth-order valence-electron chi connectivity index (χ4n) is 3.10. The molecule has 2 aromatic carbocycles. The standard InChI is InChI=1S/C22H21FN4O2S/c23-17-3-1-16(2-4-17)20-9-10-24-22(26-20)30-15-21(28)25-18-5-7-19(8-6-18)27-11-13-29-14-12-27/h1-10H,11-15H2,(H,25,28). The quantitative estimate of drug-likeness (QED) is 0.479. The molecular formula is C22H21FN4O2S. The highest BCUT2D eigenvalue weighted by atomic mass is 32.2. The Morgan fingerprint density at radius 1 is 1.07 bits per heavy atom. The van der Waals surface area contributed by atoms with Crippen molar-refractivity contribution in [2.24, 2.45) is 0 Å². The van der Waals surface area contributed by atoms with E-state index in [1.165, 1.54) is 23.9 Å². The normalized spacial score (nSPS) is 13.8. The van der Waals surface area contributed by atoms with Gasteiger partial charge in [0.05, 0.1) is 24.7 Å². The number of thioether (sulfide) groups is 1. The van der Waals surface area contributed by atoms with Crippen molar-refractivity contribution in [1.82, 2.24) is 9.97 Å². The molecule has 0 radical (unpaired) electrons. The molecule has 1 fully saturated rings. The van der Waals surface area contributed by atoms with Crippen molar-refractivity contribution in [2.45, 2.75) is 5.16 Å². The van der Waals surface area contributed by atoms with E-state index in [1.54, 1.807) is 24.4 Å². The number of benzene rings is 2. The van der Waals surface area contributed by atoms with E-state index in [0.29, 0.717) is 10.9 Å². The molecule has 0 aliphatic carbocycles. The Labute approximate surface area is 178 Å². The van der Waals surface area contributed by atoms with Crippen LogP contribution in [0.5, 0.6) is 0 Å². The number of aromatic nitrogens is 2. The first kappa shape index (κ1) is 20.3. The molecule has 1 aliphatic rings. The summed E-state index contributed by atoms with van der Waals surface area (Å²) >= 11 is 1.26. The number of nitrogens with one attached hydrogen (secondary N) is 1. The molecule has 1 saturated heterocycles. The maximum atomic E-state index is 13.1. The third kappa shape index (κ3) is 5.34. The van der Waals surface area contributed by atoms with Crippen molar-refractivity contribution in [3.63, 3.8) is 0 Å². The molecule has 30 heavy (non-hydrogen) atoms. The van der Waals surface area contributed by atoms with Crippen molar-refractivity contribution < 1.29 is 13.9 Å². The van der Waals surface area contributed by atoms with Gasteiger partial charge in [-0.1, -0.05) is 11.8 Å². The number of rotatable bonds is 6. The highest BCUT2D eigenvalue weighted by Crippen LogP contribution is 2.22. The van der Waals surface area contributed by atoms with Crippen LogP contribution in [0, 0.1) is 5.82 Å². The average Bonchev–Trinajstić information content (AvgIpc) is 2.79. The molecule has 1 aromatic heterocycles. The molecule has 8 heteroatoms. The number of carbonyl (C=O) groups is 1. The van der Waals surface area contributed by atoms with Gasteiger partial charge in [0.15, 0.2) is 5.16 Å². The molecule has 0 bridgehead atoms. The van der Waals surface area contributed by atoms with E-state index >= 15 is 0 Å². The lowest BCUT2D eigenvalue weighted by Gasteiger charge is -2.28. The number of amides is 1. The van der Waals surface area contributed by atoms with Gasteiger partial charge in [-0.25, -0.2) is 14.4 Å². The van der Waals surface area contributed by atoms with Crippen molar-refractivity contribution >= 4 is 29.0 Å². The number of hydrogen-bond donors (Lipinski definition) is 1. The fourth-order valence-corrected chi connectivity index (χ4v) is 3.73. The van der Waals surface area contributed by atoms with Gasteiger partial charge in [-0.2, -0.15) is 0 Å². The Morgan fingerprint density at radius 2 is 1.80 bits per heavy atom. The Morgan fingerprint density at radius 3 is 2.53 bits per heavy atom. The first-order valence-corrected chi connectivity index (χ1v) is 10.6. The molecule has 1 amide bonds. The maximum Gasteiger partial charge on any atom is 0.234 e. The summed E-state index contributed by atoms with van der Waals surface area (Å²) in [4.78, 5) is 23.2. The van der Waals surface area contributed by atoms with Crippen LogP contribution < -0.4 is 10.2 Å². The Bertz CT molecular complexity index is 993. The van der Waals surface area contributed by atoms with Crippen molar-refractivity contribution in [1.29, 1.82) is 0 Å². The molecule has 0 spiro atoms. The summed E-state index contributed by atoms with van der Waals surface area (Å²) in [6.45, 7) is 3.22. The van der Waals surface area contributed by atoms with Crippen LogP contribution >= 0.6 is 11.8 Å². The summed E-state index contributed by atoms with van der Waals surface area (Å²) in [7, 11) is 0. The Balaban J connectivity index is 1.31. The molecule has 6 nitrogen and oxygen atoms in total. The van der Waals surface area contributed by atoms with Crippen LogP contribution in [0.3, 0.4) is 0 Å². The molecule has 3 aromatic rings. The summed E-state index contributed by atoms with van der Waals surface area (Å²) in [5.41, 5.74) is 3.35. The van der Waals surface area contributed by atoms with Crippen LogP contribution in [-0.4, -0.2) is 47.9 Å². The highest BCUT2D eigenvalue weighted by molar-refractivity contribution is 7.99. The third-order valence-corrected chi connectivity index (χ3v) is 5.49. The van der Waals surface area contributed by atoms with E-state index in [4.69, 9.17) is 4.74 Å². The lowest BCUT2D eigenvalue weighted by atomic mass is 10.1. The molecule has 4 rings (SSSR count). The zero-order valence-electron chi connectivity index (χ0n) is 16.3. The lowest BCUT2D eigenvalue weighted by Crippen LogP contribution is -2.36. The zero-order chi connectivity index (χ0) is 20.8. The second-order valence-corrected chi connectivity index (χ2v) is 7.66. The average molecular weight is 425 g/mol. The minimum atomic E-state index is -0.294. The molecule has 0 unspecified atom stereocenters. The van der Waals surface area contributed by atoms with Gasteiger partial charge in [-0.05, 0) is 54.6 Å². The van der Waals surface area contributed by atoms with Crippen LogP contribution in [0.2, 0.25) is 0 Å². The molecule has 154 valence electrons. The summed E-state index contributed by atoms with van der Waals surface area (Å²) in [6, 6.07) is 15.7. The van der Waals surface area contributed by atoms with Crippen LogP contribution in [0.15, 0.2) is 66.0 Å². The number of nitrogens with zero attached hydrogens (tertiary/aromatic N) is 3. The predicted molar refractivity (Wildman–Crippen MR) is 116 cm³/mol. The van der Waals surface area contributed by atoms with E-state index in [0.717, 1.165) is 43.2 Å². The van der Waals surface area contributed by atoms with Crippen molar-refractivity contribution in [3.8, 4) is 11.3 Å². The topological polar surface area (TPSA) is 67.4 Å². The van der Waals surface area contributed by atoms with Gasteiger partial charge >= 0.3 is 0 Å². The van der Waals surface area contributed by atoms with Gasteiger partial charge in [0.25, 0.3) is 0 Å². The molecule has 0 saturated carbocycles. The first-order chi connectivity index (χ1) is 14.7. The SMILES string of the molecule is O=C(CSc1nccc(-c2ccc(F)cc2)n1)Nc1ccc(N2CCOCC2)cc1. The van der Waals surface area contributed by atoms with Gasteiger partial charge < -0.3 is 15.0 Å². The van der Waals surface area contributed by atoms with E-state index in [2.05, 4.69) is 20.2 Å². The zero-order valence-corrected chi connectivity index (χ0v) is 17.1. The minimum Gasteiger partial charge on any atom is -0.378 e. The number of anilines is 2. The maximum absolute atomic E-state index is 13.1. The first-order valence-electron chi connectivity index (χ1n) is 9.62. The van der Waals surface area contributed by atoms with Gasteiger partial charge in [0, 0.05) is 36.2 Å². The summed E-state index contributed by atoms with van der Waals surface area (Å²) in [5.74, 6) is -0.232. The van der Waals surface area contributed by atoms with Gasteiger partial charge in [0.1, 0.15) is 5.82 Å². The smallest absolute Gasteiger partial charge is 0.234 e. The predicted octanol–water partition coefficient (Wildman–Crippen LogP) is 3.85. The van der Waals surface area contributed by atoms with Crippen LogP contribution in [-0.2, 0) is 9.53 Å². The van der Waals surface area contributed by atoms with Crippen molar-refractivity contribution in [2.75, 3.05) is 42.3 Å². The molecule has 0 atom stereocenters. The number of carbonyl (C=O) groups excluding carboxylic acids is 1. The van der Waals surface area contributed by atoms with Gasteiger partial charge in [-0.3, -0.25) is 4.79 Å². The number of halogens is 1. The summed E-state index contributed by atoms with van der Waals surface area (Å²) in [5, 5.41) is 3.39. The Hall–Kier alpha value is -2.97. The fraction of sp³-hybridized carbons (Fsp3) is 0.227. The minimum absolute atomic E-state index is 0.130. The van der Waals surface area contributed by atoms with E-state index < -0.39 is 0 Å². The van der Waals surface area contributed by atoms with E-state index in [-0.39, 0.29) is 17.5 Å². The largest absolute Gasteiger partial charge is 0.378 e. The molecule has 1 N–H and O–H groups in total. The molecular weight excluding hydrogens is 403 g/mol. The second-order valence-electron chi connectivity index (χ2n) is 6.71. The van der Waals surface area contributed by atoms with Crippen LogP contribution in [0.4, 0.5) is 15.8 Å². The highest BCUT2D eigenvalue weighted by Gasteiger charge is 2.12. The Kier molecular flexibility index (Phi) is 6.56. The molecule has 1 aliphatic heterocycles.